The van der Waals surface area contributed by atoms with Gasteiger partial charge in [-0.15, -0.1) is 0 Å². The van der Waals surface area contributed by atoms with Crippen molar-refractivity contribution in [3.63, 3.8) is 0 Å². The van der Waals surface area contributed by atoms with E-state index in [0.717, 1.165) is 17.7 Å². The highest BCUT2D eigenvalue weighted by Gasteiger charge is 2.31. The summed E-state index contributed by atoms with van der Waals surface area (Å²) in [7, 11) is 1.62. The summed E-state index contributed by atoms with van der Waals surface area (Å²) >= 11 is 0. The van der Waals surface area contributed by atoms with Gasteiger partial charge in [-0.25, -0.2) is 4.79 Å². The summed E-state index contributed by atoms with van der Waals surface area (Å²) in [5.74, 6) is -0.0257. The van der Waals surface area contributed by atoms with Gasteiger partial charge in [0.15, 0.2) is 0 Å². The van der Waals surface area contributed by atoms with E-state index in [-0.39, 0.29) is 18.5 Å². The van der Waals surface area contributed by atoms with Gasteiger partial charge in [0.1, 0.15) is 11.4 Å². The van der Waals surface area contributed by atoms with Crippen LogP contribution in [0.25, 0.3) is 0 Å². The number of nitrogens with zero attached hydrogens (tertiary/aromatic N) is 1. The number of carboxylic acids is 1. The smallest absolute Gasteiger partial charge is 0.407 e. The zero-order valence-corrected chi connectivity index (χ0v) is 16.5. The van der Waals surface area contributed by atoms with Gasteiger partial charge in [0.25, 0.3) is 0 Å². The number of amides is 1. The molecule has 2 N–H and O–H groups in total. The number of nitrogens with one attached hydrogen (secondary N) is 1. The number of aliphatic carboxylic acids is 1. The molecular formula is C20H30N2O5. The molecule has 1 heterocycles. The van der Waals surface area contributed by atoms with Crippen molar-refractivity contribution in [1.29, 1.82) is 0 Å². The fraction of sp³-hybridized carbons (Fsp3) is 0.600. The van der Waals surface area contributed by atoms with Crippen LogP contribution in [0.2, 0.25) is 0 Å². The number of hydrogen-bond donors (Lipinski definition) is 2. The molecule has 1 aromatic rings. The Bertz CT molecular complexity index is 639. The maximum atomic E-state index is 12.1. The summed E-state index contributed by atoms with van der Waals surface area (Å²) < 4.78 is 10.5. The molecule has 1 saturated heterocycles. The van der Waals surface area contributed by atoms with Crippen LogP contribution in [0.5, 0.6) is 5.75 Å². The Balaban J connectivity index is 2.03. The number of rotatable bonds is 6. The summed E-state index contributed by atoms with van der Waals surface area (Å²) in [6.45, 7) is 6.68. The van der Waals surface area contributed by atoms with Gasteiger partial charge in [-0.05, 0) is 51.3 Å². The Morgan fingerprint density at radius 1 is 1.22 bits per heavy atom. The number of carboxylic acid groups (broad SMARTS) is 1. The van der Waals surface area contributed by atoms with E-state index in [9.17, 15) is 14.7 Å². The average Bonchev–Trinajstić information content (AvgIpc) is 2.56. The lowest BCUT2D eigenvalue weighted by molar-refractivity contribution is -0.139. The SMILES string of the molecule is COc1ccc(CN2C[C@H](NC(=O)OC(C)(C)C)CC[C@H]2CC(=O)O)cc1. The Hall–Kier alpha value is -2.28. The molecule has 2 rings (SSSR count). The van der Waals surface area contributed by atoms with Crippen molar-refractivity contribution >= 4 is 12.1 Å². The highest BCUT2D eigenvalue weighted by molar-refractivity contribution is 5.68. The number of alkyl carbamates (subject to hydrolysis) is 1. The molecule has 0 bridgehead atoms. The number of carbonyl (C=O) groups is 2. The molecule has 1 aromatic carbocycles. The Kier molecular flexibility index (Phi) is 7.07. The van der Waals surface area contributed by atoms with Crippen LogP contribution in [0.3, 0.4) is 0 Å². The van der Waals surface area contributed by atoms with Crippen molar-refractivity contribution in [3.05, 3.63) is 29.8 Å². The highest BCUT2D eigenvalue weighted by atomic mass is 16.6. The van der Waals surface area contributed by atoms with Crippen LogP contribution in [0.15, 0.2) is 24.3 Å². The number of methoxy groups -OCH3 is 1. The lowest BCUT2D eigenvalue weighted by Crippen LogP contribution is -2.52. The van der Waals surface area contributed by atoms with Crippen LogP contribution in [-0.2, 0) is 16.1 Å². The molecule has 0 saturated carbocycles. The molecule has 1 fully saturated rings. The summed E-state index contributed by atoms with van der Waals surface area (Å²) in [6.07, 6.45) is 1.10. The zero-order valence-electron chi connectivity index (χ0n) is 16.5. The molecule has 1 aliphatic heterocycles. The summed E-state index contributed by atoms with van der Waals surface area (Å²) in [5.41, 5.74) is 0.525. The van der Waals surface area contributed by atoms with Crippen molar-refractivity contribution < 1.29 is 24.2 Å². The largest absolute Gasteiger partial charge is 0.497 e. The maximum Gasteiger partial charge on any atom is 0.407 e. The number of likely N-dealkylation sites (tertiary alicyclic amines) is 1. The fourth-order valence-corrected chi connectivity index (χ4v) is 3.28. The minimum Gasteiger partial charge on any atom is -0.497 e. The molecule has 0 aliphatic carbocycles. The second-order valence-electron chi connectivity index (χ2n) is 7.95. The lowest BCUT2D eigenvalue weighted by atomic mass is 9.95. The van der Waals surface area contributed by atoms with Crippen molar-refractivity contribution in [2.24, 2.45) is 0 Å². The van der Waals surface area contributed by atoms with Gasteiger partial charge in [0.05, 0.1) is 13.5 Å². The van der Waals surface area contributed by atoms with Crippen LogP contribution in [0.1, 0.15) is 45.6 Å². The molecular weight excluding hydrogens is 348 g/mol. The summed E-state index contributed by atoms with van der Waals surface area (Å²) in [6, 6.07) is 7.61. The van der Waals surface area contributed by atoms with Crippen LogP contribution in [-0.4, -0.2) is 53.4 Å². The highest BCUT2D eigenvalue weighted by Crippen LogP contribution is 2.24. The standard InChI is InChI=1S/C20H30N2O5/c1-20(2,3)27-19(25)21-15-7-8-16(11-18(23)24)22(13-15)12-14-5-9-17(26-4)10-6-14/h5-6,9-10,15-16H,7-8,11-13H2,1-4H3,(H,21,25)(H,23,24)/t15-,16+/m1/s1. The van der Waals surface area contributed by atoms with E-state index in [1.54, 1.807) is 7.11 Å². The third kappa shape index (κ3) is 7.09. The quantitative estimate of drug-likeness (QED) is 0.791. The van der Waals surface area contributed by atoms with Gasteiger partial charge in [0.2, 0.25) is 0 Å². The number of hydrogen-bond acceptors (Lipinski definition) is 5. The van der Waals surface area contributed by atoms with Crippen molar-refractivity contribution in [3.8, 4) is 5.75 Å². The minimum atomic E-state index is -0.807. The third-order valence-corrected chi connectivity index (χ3v) is 4.50. The van der Waals surface area contributed by atoms with Crippen LogP contribution < -0.4 is 10.1 Å². The Morgan fingerprint density at radius 3 is 2.44 bits per heavy atom. The molecule has 0 unspecified atom stereocenters. The van der Waals surface area contributed by atoms with E-state index in [1.165, 1.54) is 0 Å². The topological polar surface area (TPSA) is 88.1 Å². The molecule has 1 aliphatic rings. The first kappa shape index (κ1) is 21.0. The first-order valence-electron chi connectivity index (χ1n) is 9.24. The van der Waals surface area contributed by atoms with E-state index >= 15 is 0 Å². The third-order valence-electron chi connectivity index (χ3n) is 4.50. The molecule has 2 atom stereocenters. The van der Waals surface area contributed by atoms with Gasteiger partial charge in [-0.2, -0.15) is 0 Å². The van der Waals surface area contributed by atoms with E-state index < -0.39 is 17.7 Å². The van der Waals surface area contributed by atoms with E-state index in [0.29, 0.717) is 19.5 Å². The van der Waals surface area contributed by atoms with E-state index in [2.05, 4.69) is 10.2 Å². The summed E-state index contributed by atoms with van der Waals surface area (Å²) in [4.78, 5) is 25.4. The number of piperidine rings is 1. The fourth-order valence-electron chi connectivity index (χ4n) is 3.28. The van der Waals surface area contributed by atoms with Gasteiger partial charge >= 0.3 is 12.1 Å². The molecule has 7 heteroatoms. The molecule has 150 valence electrons. The maximum absolute atomic E-state index is 12.1. The van der Waals surface area contributed by atoms with Crippen molar-refractivity contribution in [2.45, 2.75) is 64.3 Å². The van der Waals surface area contributed by atoms with Gasteiger partial charge in [0, 0.05) is 25.2 Å². The van der Waals surface area contributed by atoms with Gasteiger partial charge < -0.3 is 19.9 Å². The summed E-state index contributed by atoms with van der Waals surface area (Å²) in [5, 5.41) is 12.1. The van der Waals surface area contributed by atoms with Crippen LogP contribution in [0, 0.1) is 0 Å². The Labute approximate surface area is 160 Å². The monoisotopic (exact) mass is 378 g/mol. The number of benzene rings is 1. The zero-order chi connectivity index (χ0) is 20.0. The molecule has 0 radical (unpaired) electrons. The van der Waals surface area contributed by atoms with Gasteiger partial charge in [-0.1, -0.05) is 12.1 Å². The van der Waals surface area contributed by atoms with E-state index in [1.807, 2.05) is 45.0 Å². The molecule has 1 amide bonds. The predicted molar refractivity (Wildman–Crippen MR) is 102 cm³/mol. The predicted octanol–water partition coefficient (Wildman–Crippen LogP) is 3.03. The normalized spacial score (nSPS) is 20.7. The number of ether oxygens (including phenoxy) is 2. The molecule has 0 spiro atoms. The van der Waals surface area contributed by atoms with Crippen LogP contribution in [0.4, 0.5) is 4.79 Å². The molecule has 27 heavy (non-hydrogen) atoms. The van der Waals surface area contributed by atoms with Gasteiger partial charge in [-0.3, -0.25) is 9.69 Å². The second kappa shape index (κ2) is 9.08. The van der Waals surface area contributed by atoms with E-state index in [4.69, 9.17) is 9.47 Å². The molecule has 7 nitrogen and oxygen atoms in total. The second-order valence-corrected chi connectivity index (χ2v) is 7.95. The van der Waals surface area contributed by atoms with Crippen molar-refractivity contribution in [1.82, 2.24) is 10.2 Å². The van der Waals surface area contributed by atoms with Crippen molar-refractivity contribution in [2.75, 3.05) is 13.7 Å². The average molecular weight is 378 g/mol. The van der Waals surface area contributed by atoms with Crippen LogP contribution >= 0.6 is 0 Å². The first-order valence-corrected chi connectivity index (χ1v) is 9.24. The lowest BCUT2D eigenvalue weighted by Gasteiger charge is -2.39. The molecule has 0 aromatic heterocycles. The number of carbonyl (C=O) groups excluding carboxylic acids is 1. The minimum absolute atomic E-state index is 0.0544. The first-order chi connectivity index (χ1) is 12.7. The Morgan fingerprint density at radius 2 is 1.89 bits per heavy atom.